The van der Waals surface area contributed by atoms with Gasteiger partial charge in [0.05, 0.1) is 18.3 Å². The van der Waals surface area contributed by atoms with Crippen molar-refractivity contribution in [3.05, 3.63) is 11.6 Å². The van der Waals surface area contributed by atoms with Crippen molar-refractivity contribution in [1.29, 1.82) is 0 Å². The molecule has 0 bridgehead atoms. The van der Waals surface area contributed by atoms with Gasteiger partial charge in [0.2, 0.25) is 0 Å². The third-order valence-corrected chi connectivity index (χ3v) is 1.97. The number of aliphatic hydroxyl groups excluding tert-OH is 1. The van der Waals surface area contributed by atoms with Gasteiger partial charge in [-0.15, -0.1) is 0 Å². The number of ether oxygens (including phenoxy) is 1. The molecule has 1 unspecified atom stereocenters. The van der Waals surface area contributed by atoms with Crippen LogP contribution in [0.25, 0.3) is 0 Å². The van der Waals surface area contributed by atoms with Crippen LogP contribution in [0.1, 0.15) is 27.2 Å². The van der Waals surface area contributed by atoms with Crippen molar-refractivity contribution in [2.75, 3.05) is 0 Å². The molecule has 0 fully saturated rings. The Morgan fingerprint density at radius 3 is 2.82 bits per heavy atom. The monoisotopic (exact) mass is 156 g/mol. The summed E-state index contributed by atoms with van der Waals surface area (Å²) < 4.78 is 5.49. The number of hydrogen-bond donors (Lipinski definition) is 1. The first-order valence-electron chi connectivity index (χ1n) is 4.10. The molecular formula is C9H16O2. The van der Waals surface area contributed by atoms with Gasteiger partial charge in [0.25, 0.3) is 0 Å². The van der Waals surface area contributed by atoms with Gasteiger partial charge in [-0.1, -0.05) is 11.6 Å². The van der Waals surface area contributed by atoms with E-state index in [0.29, 0.717) is 0 Å². The Morgan fingerprint density at radius 2 is 2.36 bits per heavy atom. The molecule has 0 aromatic heterocycles. The molecule has 0 radical (unpaired) electrons. The zero-order valence-corrected chi connectivity index (χ0v) is 7.37. The van der Waals surface area contributed by atoms with Crippen LogP contribution in [0.2, 0.25) is 0 Å². The normalized spacial score (nSPS) is 34.7. The fraction of sp³-hybridized carbons (Fsp3) is 0.778. The summed E-state index contributed by atoms with van der Waals surface area (Å²) in [7, 11) is 0. The molecule has 1 rings (SSSR count). The Labute approximate surface area is 67.9 Å². The van der Waals surface area contributed by atoms with Crippen LogP contribution >= 0.6 is 0 Å². The van der Waals surface area contributed by atoms with E-state index in [0.717, 1.165) is 6.42 Å². The molecule has 0 aliphatic carbocycles. The van der Waals surface area contributed by atoms with E-state index in [-0.39, 0.29) is 18.3 Å². The molecule has 1 N–H and O–H groups in total. The molecule has 0 aromatic rings. The van der Waals surface area contributed by atoms with Gasteiger partial charge in [-0.3, -0.25) is 0 Å². The second-order valence-corrected chi connectivity index (χ2v) is 3.34. The lowest BCUT2D eigenvalue weighted by Crippen LogP contribution is -2.32. The van der Waals surface area contributed by atoms with Gasteiger partial charge in [0, 0.05) is 0 Å². The minimum Gasteiger partial charge on any atom is -0.391 e. The molecule has 0 amide bonds. The van der Waals surface area contributed by atoms with Crippen LogP contribution in [0.4, 0.5) is 0 Å². The van der Waals surface area contributed by atoms with E-state index in [4.69, 9.17) is 4.74 Å². The Hall–Kier alpha value is -0.340. The van der Waals surface area contributed by atoms with Crippen molar-refractivity contribution in [2.45, 2.75) is 45.5 Å². The SMILES string of the molecule is CC1=C[C@H](C)O[C@H](C(C)O)C1. The van der Waals surface area contributed by atoms with Crippen molar-refractivity contribution in [2.24, 2.45) is 0 Å². The summed E-state index contributed by atoms with van der Waals surface area (Å²) in [6, 6.07) is 0. The fourth-order valence-corrected chi connectivity index (χ4v) is 1.43. The minimum atomic E-state index is -0.360. The van der Waals surface area contributed by atoms with E-state index in [1.54, 1.807) is 6.92 Å². The molecule has 0 saturated carbocycles. The summed E-state index contributed by atoms with van der Waals surface area (Å²) >= 11 is 0. The van der Waals surface area contributed by atoms with Crippen molar-refractivity contribution >= 4 is 0 Å². The summed E-state index contributed by atoms with van der Waals surface area (Å²) in [6.45, 7) is 5.85. The van der Waals surface area contributed by atoms with Crippen molar-refractivity contribution in [3.8, 4) is 0 Å². The summed E-state index contributed by atoms with van der Waals surface area (Å²) in [5.41, 5.74) is 1.31. The van der Waals surface area contributed by atoms with E-state index >= 15 is 0 Å². The molecule has 1 aliphatic rings. The standard InChI is InChI=1S/C9H16O2/c1-6-4-7(2)11-9(5-6)8(3)10/h4,7-10H,5H2,1-3H3/t7-,8?,9-/m0/s1. The predicted octanol–water partition coefficient (Wildman–Crippen LogP) is 1.49. The zero-order chi connectivity index (χ0) is 8.43. The van der Waals surface area contributed by atoms with E-state index in [1.807, 2.05) is 6.92 Å². The Bertz CT molecular complexity index is 161. The van der Waals surface area contributed by atoms with Crippen molar-refractivity contribution in [1.82, 2.24) is 0 Å². The zero-order valence-electron chi connectivity index (χ0n) is 7.37. The molecule has 3 atom stereocenters. The highest BCUT2D eigenvalue weighted by molar-refractivity contribution is 5.07. The van der Waals surface area contributed by atoms with Crippen LogP contribution in [0.3, 0.4) is 0 Å². The third kappa shape index (κ3) is 2.31. The summed E-state index contributed by atoms with van der Waals surface area (Å²) in [5, 5.41) is 9.26. The van der Waals surface area contributed by atoms with Crippen LogP contribution in [0.5, 0.6) is 0 Å². The second kappa shape index (κ2) is 3.37. The van der Waals surface area contributed by atoms with Gasteiger partial charge < -0.3 is 9.84 Å². The summed E-state index contributed by atoms with van der Waals surface area (Å²) in [6.07, 6.45) is 2.75. The van der Waals surface area contributed by atoms with E-state index in [1.165, 1.54) is 5.57 Å². The Morgan fingerprint density at radius 1 is 1.73 bits per heavy atom. The summed E-state index contributed by atoms with van der Waals surface area (Å²) in [4.78, 5) is 0. The van der Waals surface area contributed by atoms with Crippen LogP contribution in [-0.4, -0.2) is 23.4 Å². The topological polar surface area (TPSA) is 29.5 Å². The van der Waals surface area contributed by atoms with Gasteiger partial charge in [0.15, 0.2) is 0 Å². The van der Waals surface area contributed by atoms with Gasteiger partial charge in [-0.05, 0) is 27.2 Å². The Kier molecular flexibility index (Phi) is 2.68. The lowest BCUT2D eigenvalue weighted by molar-refractivity contribution is -0.0554. The molecule has 0 aromatic carbocycles. The van der Waals surface area contributed by atoms with Crippen LogP contribution in [0.15, 0.2) is 11.6 Å². The highest BCUT2D eigenvalue weighted by Crippen LogP contribution is 2.20. The molecule has 1 aliphatic heterocycles. The highest BCUT2D eigenvalue weighted by atomic mass is 16.5. The maximum atomic E-state index is 9.26. The van der Waals surface area contributed by atoms with E-state index < -0.39 is 0 Å². The molecule has 2 nitrogen and oxygen atoms in total. The van der Waals surface area contributed by atoms with Gasteiger partial charge in [-0.2, -0.15) is 0 Å². The second-order valence-electron chi connectivity index (χ2n) is 3.34. The lowest BCUT2D eigenvalue weighted by atomic mass is 10.0. The first-order chi connectivity index (χ1) is 5.09. The number of hydrogen-bond acceptors (Lipinski definition) is 2. The van der Waals surface area contributed by atoms with Crippen molar-refractivity contribution < 1.29 is 9.84 Å². The first-order valence-corrected chi connectivity index (χ1v) is 4.10. The van der Waals surface area contributed by atoms with Gasteiger partial charge >= 0.3 is 0 Å². The molecule has 2 heteroatoms. The maximum absolute atomic E-state index is 9.26. The summed E-state index contributed by atoms with van der Waals surface area (Å²) in [5.74, 6) is 0. The predicted molar refractivity (Wildman–Crippen MR) is 44.4 cm³/mol. The molecular weight excluding hydrogens is 140 g/mol. The first kappa shape index (κ1) is 8.75. The van der Waals surface area contributed by atoms with Crippen LogP contribution < -0.4 is 0 Å². The molecule has 1 heterocycles. The number of rotatable bonds is 1. The van der Waals surface area contributed by atoms with Gasteiger partial charge in [0.1, 0.15) is 0 Å². The van der Waals surface area contributed by atoms with Crippen LogP contribution in [-0.2, 0) is 4.74 Å². The lowest BCUT2D eigenvalue weighted by Gasteiger charge is -2.28. The van der Waals surface area contributed by atoms with E-state index in [9.17, 15) is 5.11 Å². The Balaban J connectivity index is 2.57. The van der Waals surface area contributed by atoms with Gasteiger partial charge in [-0.25, -0.2) is 0 Å². The quantitative estimate of drug-likeness (QED) is 0.583. The maximum Gasteiger partial charge on any atom is 0.0875 e. The highest BCUT2D eigenvalue weighted by Gasteiger charge is 2.21. The van der Waals surface area contributed by atoms with Crippen LogP contribution in [0, 0.1) is 0 Å². The largest absolute Gasteiger partial charge is 0.391 e. The smallest absolute Gasteiger partial charge is 0.0875 e. The van der Waals surface area contributed by atoms with Crippen molar-refractivity contribution in [3.63, 3.8) is 0 Å². The average molecular weight is 156 g/mol. The molecule has 0 spiro atoms. The molecule has 0 saturated heterocycles. The molecule has 64 valence electrons. The minimum absolute atomic E-state index is 0.00463. The molecule has 11 heavy (non-hydrogen) atoms. The fourth-order valence-electron chi connectivity index (χ4n) is 1.43. The third-order valence-electron chi connectivity index (χ3n) is 1.97. The average Bonchev–Trinajstić information content (AvgIpc) is 1.85. The van der Waals surface area contributed by atoms with E-state index in [2.05, 4.69) is 13.0 Å². The number of aliphatic hydroxyl groups is 1.